The second-order valence-electron chi connectivity index (χ2n) is 5.67. The molecule has 0 bridgehead atoms. The molecule has 0 spiro atoms. The van der Waals surface area contributed by atoms with Crippen LogP contribution in [0.3, 0.4) is 0 Å². The van der Waals surface area contributed by atoms with Crippen molar-refractivity contribution in [3.05, 3.63) is 77.0 Å². The minimum atomic E-state index is -4.36. The first-order valence-corrected chi connectivity index (χ1v) is 8.65. The Hall–Kier alpha value is -2.14. The van der Waals surface area contributed by atoms with E-state index in [9.17, 15) is 13.2 Å². The highest BCUT2D eigenvalue weighted by atomic mass is 79.9. The average molecular weight is 407 g/mol. The number of aromatic nitrogens is 1. The predicted molar refractivity (Wildman–Crippen MR) is 95.9 cm³/mol. The molecule has 25 heavy (non-hydrogen) atoms. The van der Waals surface area contributed by atoms with Crippen LogP contribution in [0.5, 0.6) is 0 Å². The summed E-state index contributed by atoms with van der Waals surface area (Å²) in [6.45, 7) is 2.72. The molecule has 0 N–H and O–H groups in total. The Morgan fingerprint density at radius 2 is 1.48 bits per heavy atom. The minimum absolute atomic E-state index is 0.529. The molecule has 3 rings (SSSR count). The van der Waals surface area contributed by atoms with Crippen molar-refractivity contribution in [1.29, 1.82) is 0 Å². The van der Waals surface area contributed by atoms with Crippen LogP contribution in [0.2, 0.25) is 0 Å². The molecule has 1 nitrogen and oxygen atoms in total. The number of hydrogen-bond donors (Lipinski definition) is 0. The molecule has 2 aromatic carbocycles. The van der Waals surface area contributed by atoms with Crippen molar-refractivity contribution in [2.24, 2.45) is 0 Å². The Labute approximate surface area is 152 Å². The summed E-state index contributed by atoms with van der Waals surface area (Å²) in [6, 6.07) is 15.2. The third-order valence-corrected chi connectivity index (χ3v) is 4.87. The maximum atomic E-state index is 13.1. The topological polar surface area (TPSA) is 3.88 Å². The molecule has 0 unspecified atom stereocenters. The van der Waals surface area contributed by atoms with Gasteiger partial charge in [0.25, 0.3) is 0 Å². The summed E-state index contributed by atoms with van der Waals surface area (Å²) >= 11 is 3.60. The number of alkyl halides is 3. The standard InChI is InChI=1S/C20H16BrF3N/c1-2-25-12-17(14-7-4-3-5-8-14)19(21)18(13-25)15-9-6-10-16(11-15)20(22,23)24/h3-13H,2H2,1H3/q+1. The first-order chi connectivity index (χ1) is 11.9. The Morgan fingerprint density at radius 1 is 0.880 bits per heavy atom. The van der Waals surface area contributed by atoms with Crippen LogP contribution < -0.4 is 4.57 Å². The van der Waals surface area contributed by atoms with Gasteiger partial charge < -0.3 is 0 Å². The number of rotatable bonds is 3. The van der Waals surface area contributed by atoms with E-state index in [1.165, 1.54) is 12.1 Å². The maximum Gasteiger partial charge on any atom is 0.416 e. The zero-order chi connectivity index (χ0) is 18.0. The zero-order valence-electron chi connectivity index (χ0n) is 13.5. The number of aryl methyl sites for hydroxylation is 1. The molecule has 1 aromatic heterocycles. The van der Waals surface area contributed by atoms with E-state index in [1.54, 1.807) is 6.07 Å². The quantitative estimate of drug-likeness (QED) is 0.462. The van der Waals surface area contributed by atoms with Gasteiger partial charge in [0.2, 0.25) is 0 Å². The van der Waals surface area contributed by atoms with E-state index in [2.05, 4.69) is 15.9 Å². The molecule has 0 aliphatic heterocycles. The van der Waals surface area contributed by atoms with E-state index in [1.807, 2.05) is 54.2 Å². The fourth-order valence-corrected chi connectivity index (χ4v) is 3.36. The largest absolute Gasteiger partial charge is 0.416 e. The van der Waals surface area contributed by atoms with Gasteiger partial charge in [0.05, 0.1) is 16.7 Å². The SMILES string of the molecule is CC[n+]1cc(-c2ccccc2)c(Br)c(-c2cccc(C(F)(F)F)c2)c1. The Kier molecular flexibility index (Phi) is 4.95. The van der Waals surface area contributed by atoms with E-state index in [-0.39, 0.29) is 0 Å². The molecule has 3 aromatic rings. The van der Waals surface area contributed by atoms with Crippen LogP contribution >= 0.6 is 15.9 Å². The van der Waals surface area contributed by atoms with Crippen LogP contribution in [0.4, 0.5) is 13.2 Å². The first kappa shape index (κ1) is 17.7. The van der Waals surface area contributed by atoms with Gasteiger partial charge in [0.1, 0.15) is 6.54 Å². The molecule has 0 aliphatic rings. The van der Waals surface area contributed by atoms with Crippen molar-refractivity contribution in [3.8, 4) is 22.3 Å². The highest BCUT2D eigenvalue weighted by molar-refractivity contribution is 9.10. The van der Waals surface area contributed by atoms with E-state index in [0.29, 0.717) is 5.56 Å². The second-order valence-corrected chi connectivity index (χ2v) is 6.47. The summed E-state index contributed by atoms with van der Waals surface area (Å²) in [5.41, 5.74) is 2.56. The summed E-state index contributed by atoms with van der Waals surface area (Å²) in [6.07, 6.45) is -0.497. The van der Waals surface area contributed by atoms with Crippen molar-refractivity contribution in [3.63, 3.8) is 0 Å². The van der Waals surface area contributed by atoms with Gasteiger partial charge in [-0.15, -0.1) is 0 Å². The highest BCUT2D eigenvalue weighted by Gasteiger charge is 2.31. The summed E-state index contributed by atoms with van der Waals surface area (Å²) in [5.74, 6) is 0. The lowest BCUT2D eigenvalue weighted by atomic mass is 10.00. The number of nitrogens with zero attached hydrogens (tertiary/aromatic N) is 1. The molecule has 0 aliphatic carbocycles. The lowest BCUT2D eigenvalue weighted by Gasteiger charge is -2.12. The van der Waals surface area contributed by atoms with Gasteiger partial charge in [-0.2, -0.15) is 13.2 Å². The third kappa shape index (κ3) is 3.76. The first-order valence-electron chi connectivity index (χ1n) is 7.86. The van der Waals surface area contributed by atoms with Gasteiger partial charge in [-0.3, -0.25) is 0 Å². The second kappa shape index (κ2) is 7.00. The van der Waals surface area contributed by atoms with Gasteiger partial charge in [0, 0.05) is 4.47 Å². The van der Waals surface area contributed by atoms with Crippen molar-refractivity contribution in [2.75, 3.05) is 0 Å². The highest BCUT2D eigenvalue weighted by Crippen LogP contribution is 2.37. The smallest absolute Gasteiger partial charge is 0.204 e. The lowest BCUT2D eigenvalue weighted by Crippen LogP contribution is -2.32. The fraction of sp³-hybridized carbons (Fsp3) is 0.150. The molecule has 0 saturated carbocycles. The van der Waals surface area contributed by atoms with Crippen LogP contribution in [0, 0.1) is 0 Å². The Balaban J connectivity index is 2.20. The summed E-state index contributed by atoms with van der Waals surface area (Å²) < 4.78 is 41.9. The number of pyridine rings is 1. The van der Waals surface area contributed by atoms with Crippen LogP contribution in [0.1, 0.15) is 12.5 Å². The monoisotopic (exact) mass is 406 g/mol. The van der Waals surface area contributed by atoms with Crippen LogP contribution in [0.15, 0.2) is 71.5 Å². The number of hydrogen-bond acceptors (Lipinski definition) is 0. The molecular formula is C20H16BrF3N+. The van der Waals surface area contributed by atoms with Crippen molar-refractivity contribution in [2.45, 2.75) is 19.6 Å². The van der Waals surface area contributed by atoms with Gasteiger partial charge in [-0.05, 0) is 46.1 Å². The molecule has 1 heterocycles. The van der Waals surface area contributed by atoms with E-state index in [0.717, 1.165) is 33.8 Å². The van der Waals surface area contributed by atoms with Crippen LogP contribution in [-0.4, -0.2) is 0 Å². The molecule has 0 saturated heterocycles. The summed E-state index contributed by atoms with van der Waals surface area (Å²) in [7, 11) is 0. The van der Waals surface area contributed by atoms with E-state index < -0.39 is 11.7 Å². The summed E-state index contributed by atoms with van der Waals surface area (Å²) in [5, 5.41) is 0. The van der Waals surface area contributed by atoms with Crippen molar-refractivity contribution < 1.29 is 17.7 Å². The van der Waals surface area contributed by atoms with Gasteiger partial charge >= 0.3 is 6.18 Å². The lowest BCUT2D eigenvalue weighted by molar-refractivity contribution is -0.692. The molecule has 5 heteroatoms. The van der Waals surface area contributed by atoms with Crippen molar-refractivity contribution in [1.82, 2.24) is 0 Å². The molecule has 128 valence electrons. The fourth-order valence-electron chi connectivity index (χ4n) is 2.69. The minimum Gasteiger partial charge on any atom is -0.204 e. The molecule has 0 atom stereocenters. The van der Waals surface area contributed by atoms with Gasteiger partial charge in [-0.25, -0.2) is 4.57 Å². The van der Waals surface area contributed by atoms with Crippen molar-refractivity contribution >= 4 is 15.9 Å². The normalized spacial score (nSPS) is 11.6. The Morgan fingerprint density at radius 3 is 2.08 bits per heavy atom. The number of benzene rings is 2. The Bertz CT molecular complexity index is 889. The van der Waals surface area contributed by atoms with Gasteiger partial charge in [0.15, 0.2) is 12.4 Å². The maximum absolute atomic E-state index is 13.1. The predicted octanol–water partition coefficient (Wildman–Crippen LogP) is 6.11. The molecular weight excluding hydrogens is 391 g/mol. The van der Waals surface area contributed by atoms with Crippen LogP contribution in [0.25, 0.3) is 22.3 Å². The zero-order valence-corrected chi connectivity index (χ0v) is 15.1. The molecule has 0 radical (unpaired) electrons. The average Bonchev–Trinajstić information content (AvgIpc) is 2.62. The van der Waals surface area contributed by atoms with Gasteiger partial charge in [-0.1, -0.05) is 42.5 Å². The van der Waals surface area contributed by atoms with E-state index in [4.69, 9.17) is 0 Å². The molecule has 0 amide bonds. The number of halogens is 4. The van der Waals surface area contributed by atoms with Crippen LogP contribution in [-0.2, 0) is 12.7 Å². The third-order valence-electron chi connectivity index (χ3n) is 4.01. The van der Waals surface area contributed by atoms with E-state index >= 15 is 0 Å². The summed E-state index contributed by atoms with van der Waals surface area (Å²) in [4.78, 5) is 0. The molecule has 0 fully saturated rings.